The van der Waals surface area contributed by atoms with Gasteiger partial charge in [-0.1, -0.05) is 0 Å². The van der Waals surface area contributed by atoms with Gasteiger partial charge in [0.1, 0.15) is 0 Å². The Labute approximate surface area is 112 Å². The maximum atomic E-state index is 11.9. The molecule has 1 saturated heterocycles. The van der Waals surface area contributed by atoms with E-state index in [0.29, 0.717) is 26.3 Å². The molecule has 1 heterocycles. The van der Waals surface area contributed by atoms with E-state index < -0.39 is 12.0 Å². The Morgan fingerprint density at radius 3 is 2.89 bits per heavy atom. The third-order valence-corrected chi connectivity index (χ3v) is 2.73. The summed E-state index contributed by atoms with van der Waals surface area (Å²) in [6, 6.07) is -0.667. The van der Waals surface area contributed by atoms with Crippen LogP contribution in [0.1, 0.15) is 20.3 Å². The van der Waals surface area contributed by atoms with E-state index in [-0.39, 0.29) is 25.2 Å². The largest absolute Gasteiger partial charge is 0.481 e. The van der Waals surface area contributed by atoms with Gasteiger partial charge in [-0.3, -0.25) is 4.79 Å². The van der Waals surface area contributed by atoms with E-state index >= 15 is 0 Å². The molecule has 2 amide bonds. The number of ether oxygens (including phenoxy) is 2. The van der Waals surface area contributed by atoms with Crippen molar-refractivity contribution in [2.45, 2.75) is 32.4 Å². The Morgan fingerprint density at radius 2 is 2.26 bits per heavy atom. The zero-order valence-corrected chi connectivity index (χ0v) is 11.4. The van der Waals surface area contributed by atoms with E-state index in [1.54, 1.807) is 0 Å². The van der Waals surface area contributed by atoms with Gasteiger partial charge < -0.3 is 24.8 Å². The average Bonchev–Trinajstić information content (AvgIpc) is 2.34. The Bertz CT molecular complexity index is 308. The SMILES string of the molecule is CC(C)OCCNC(=O)N1CCOCC1CC(=O)O. The second-order valence-electron chi connectivity index (χ2n) is 4.67. The number of hydrogen-bond acceptors (Lipinski definition) is 4. The van der Waals surface area contributed by atoms with Crippen molar-refractivity contribution in [2.24, 2.45) is 0 Å². The van der Waals surface area contributed by atoms with Gasteiger partial charge in [0.2, 0.25) is 0 Å². The second-order valence-corrected chi connectivity index (χ2v) is 4.67. The van der Waals surface area contributed by atoms with Crippen LogP contribution in [-0.4, -0.2) is 67.1 Å². The highest BCUT2D eigenvalue weighted by Gasteiger charge is 2.28. The Morgan fingerprint density at radius 1 is 1.53 bits per heavy atom. The van der Waals surface area contributed by atoms with E-state index in [9.17, 15) is 9.59 Å². The van der Waals surface area contributed by atoms with E-state index in [1.807, 2.05) is 13.8 Å². The first-order valence-electron chi connectivity index (χ1n) is 6.46. The average molecular weight is 274 g/mol. The summed E-state index contributed by atoms with van der Waals surface area (Å²) in [5.41, 5.74) is 0. The third-order valence-electron chi connectivity index (χ3n) is 2.73. The van der Waals surface area contributed by atoms with Crippen molar-refractivity contribution in [3.63, 3.8) is 0 Å². The standard InChI is InChI=1S/C12H22N2O5/c1-9(2)19-5-3-13-12(17)14-4-6-18-8-10(14)7-11(15)16/h9-10H,3-8H2,1-2H3,(H,13,17)(H,15,16). The Kier molecular flexibility index (Phi) is 6.58. The molecule has 0 saturated carbocycles. The van der Waals surface area contributed by atoms with Crippen LogP contribution in [0.5, 0.6) is 0 Å². The molecular weight excluding hydrogens is 252 g/mol. The van der Waals surface area contributed by atoms with Crippen molar-refractivity contribution < 1.29 is 24.2 Å². The van der Waals surface area contributed by atoms with Crippen LogP contribution in [0.4, 0.5) is 4.79 Å². The summed E-state index contributed by atoms with van der Waals surface area (Å²) in [5, 5.41) is 11.5. The number of nitrogens with one attached hydrogen (secondary N) is 1. The number of aliphatic carboxylic acids is 1. The number of hydrogen-bond donors (Lipinski definition) is 2. The normalized spacial score (nSPS) is 19.5. The maximum Gasteiger partial charge on any atom is 0.317 e. The summed E-state index contributed by atoms with van der Waals surface area (Å²) < 4.78 is 10.5. The number of carbonyl (C=O) groups excluding carboxylic acids is 1. The topological polar surface area (TPSA) is 88.1 Å². The molecule has 1 unspecified atom stereocenters. The fourth-order valence-corrected chi connectivity index (χ4v) is 1.85. The smallest absolute Gasteiger partial charge is 0.317 e. The predicted octanol–water partition coefficient (Wildman–Crippen LogP) is 0.297. The Balaban J connectivity index is 2.37. The minimum atomic E-state index is -0.934. The van der Waals surface area contributed by atoms with Crippen LogP contribution in [0.3, 0.4) is 0 Å². The molecule has 0 aliphatic carbocycles. The number of carbonyl (C=O) groups is 2. The molecule has 7 heteroatoms. The van der Waals surface area contributed by atoms with Crippen molar-refractivity contribution in [1.82, 2.24) is 10.2 Å². The summed E-state index contributed by atoms with van der Waals surface area (Å²) in [7, 11) is 0. The van der Waals surface area contributed by atoms with Gasteiger partial charge in [0.05, 0.1) is 38.4 Å². The molecular formula is C12H22N2O5. The van der Waals surface area contributed by atoms with Gasteiger partial charge in [-0.05, 0) is 13.8 Å². The summed E-state index contributed by atoms with van der Waals surface area (Å²) in [6.07, 6.45) is 0.0238. The van der Waals surface area contributed by atoms with Crippen LogP contribution in [0.15, 0.2) is 0 Å². The Hall–Kier alpha value is -1.34. The van der Waals surface area contributed by atoms with Crippen LogP contribution in [-0.2, 0) is 14.3 Å². The minimum Gasteiger partial charge on any atom is -0.481 e. The first kappa shape index (κ1) is 15.7. The molecule has 2 N–H and O–H groups in total. The van der Waals surface area contributed by atoms with Gasteiger partial charge in [-0.25, -0.2) is 4.79 Å². The monoisotopic (exact) mass is 274 g/mol. The number of nitrogens with zero attached hydrogens (tertiary/aromatic N) is 1. The maximum absolute atomic E-state index is 11.9. The van der Waals surface area contributed by atoms with Gasteiger partial charge >= 0.3 is 12.0 Å². The van der Waals surface area contributed by atoms with E-state index in [4.69, 9.17) is 14.6 Å². The fourth-order valence-electron chi connectivity index (χ4n) is 1.85. The van der Waals surface area contributed by atoms with E-state index in [2.05, 4.69) is 5.32 Å². The van der Waals surface area contributed by atoms with Crippen molar-refractivity contribution in [2.75, 3.05) is 32.9 Å². The highest BCUT2D eigenvalue weighted by Crippen LogP contribution is 2.10. The van der Waals surface area contributed by atoms with Crippen LogP contribution in [0.2, 0.25) is 0 Å². The number of carboxylic acids is 1. The second kappa shape index (κ2) is 7.96. The van der Waals surface area contributed by atoms with Gasteiger partial charge in [-0.15, -0.1) is 0 Å². The van der Waals surface area contributed by atoms with Gasteiger partial charge in [0.25, 0.3) is 0 Å². The van der Waals surface area contributed by atoms with Gasteiger partial charge in [0, 0.05) is 13.1 Å². The van der Waals surface area contributed by atoms with Crippen LogP contribution in [0, 0.1) is 0 Å². The lowest BCUT2D eigenvalue weighted by atomic mass is 10.1. The molecule has 1 aliphatic rings. The summed E-state index contributed by atoms with van der Waals surface area (Å²) in [5.74, 6) is -0.934. The number of amides is 2. The summed E-state index contributed by atoms with van der Waals surface area (Å²) in [6.45, 7) is 5.81. The van der Waals surface area contributed by atoms with Gasteiger partial charge in [-0.2, -0.15) is 0 Å². The molecule has 0 aromatic carbocycles. The van der Waals surface area contributed by atoms with Crippen LogP contribution >= 0.6 is 0 Å². The molecule has 1 atom stereocenters. The molecule has 110 valence electrons. The highest BCUT2D eigenvalue weighted by atomic mass is 16.5. The predicted molar refractivity (Wildman–Crippen MR) is 68.1 cm³/mol. The van der Waals surface area contributed by atoms with Crippen molar-refractivity contribution in [1.29, 1.82) is 0 Å². The molecule has 0 spiro atoms. The summed E-state index contributed by atoms with van der Waals surface area (Å²) in [4.78, 5) is 24.2. The molecule has 0 radical (unpaired) electrons. The fraction of sp³-hybridized carbons (Fsp3) is 0.833. The molecule has 7 nitrogen and oxygen atoms in total. The van der Waals surface area contributed by atoms with Gasteiger partial charge in [0.15, 0.2) is 0 Å². The first-order chi connectivity index (χ1) is 9.00. The lowest BCUT2D eigenvalue weighted by molar-refractivity contribution is -0.139. The molecule has 0 aromatic rings. The summed E-state index contributed by atoms with van der Waals surface area (Å²) >= 11 is 0. The highest BCUT2D eigenvalue weighted by molar-refractivity contribution is 5.76. The van der Waals surface area contributed by atoms with Crippen LogP contribution in [0.25, 0.3) is 0 Å². The zero-order chi connectivity index (χ0) is 14.3. The van der Waals surface area contributed by atoms with Crippen molar-refractivity contribution in [3.8, 4) is 0 Å². The van der Waals surface area contributed by atoms with Crippen molar-refractivity contribution >= 4 is 12.0 Å². The molecule has 1 fully saturated rings. The van der Waals surface area contributed by atoms with Crippen LogP contribution < -0.4 is 5.32 Å². The quantitative estimate of drug-likeness (QED) is 0.680. The van der Waals surface area contributed by atoms with E-state index in [1.165, 1.54) is 4.90 Å². The number of morpholine rings is 1. The molecule has 1 rings (SSSR count). The molecule has 1 aliphatic heterocycles. The lowest BCUT2D eigenvalue weighted by Gasteiger charge is -2.34. The minimum absolute atomic E-state index is 0.101. The number of urea groups is 1. The molecule has 0 bridgehead atoms. The zero-order valence-electron chi connectivity index (χ0n) is 11.4. The first-order valence-corrected chi connectivity index (χ1v) is 6.46. The number of carboxylic acid groups (broad SMARTS) is 1. The molecule has 19 heavy (non-hydrogen) atoms. The molecule has 0 aromatic heterocycles. The third kappa shape index (κ3) is 5.89. The lowest BCUT2D eigenvalue weighted by Crippen LogP contribution is -2.53. The van der Waals surface area contributed by atoms with Crippen molar-refractivity contribution in [3.05, 3.63) is 0 Å². The van der Waals surface area contributed by atoms with E-state index in [0.717, 1.165) is 0 Å². The number of rotatable bonds is 6.